The van der Waals surface area contributed by atoms with Crippen LogP contribution in [0.1, 0.15) is 24.5 Å². The Morgan fingerprint density at radius 2 is 1.69 bits per heavy atom. The Morgan fingerprint density at radius 1 is 1.14 bits per heavy atom. The highest BCUT2D eigenvalue weighted by atomic mass is 35.5. The van der Waals surface area contributed by atoms with E-state index in [0.717, 1.165) is 24.3 Å². The highest BCUT2D eigenvalue weighted by molar-refractivity contribution is 7.92. The van der Waals surface area contributed by atoms with E-state index in [1.807, 2.05) is 0 Å². The molecule has 0 unspecified atom stereocenters. The smallest absolute Gasteiger partial charge is 0.380 e. The van der Waals surface area contributed by atoms with Crippen LogP contribution in [-0.4, -0.2) is 25.5 Å². The highest BCUT2D eigenvalue weighted by Crippen LogP contribution is 2.29. The molecule has 0 aromatic heterocycles. The van der Waals surface area contributed by atoms with Gasteiger partial charge in [-0.15, -0.1) is 0 Å². The van der Waals surface area contributed by atoms with Crippen LogP contribution in [0, 0.1) is 0 Å². The molecule has 1 atom stereocenters. The van der Waals surface area contributed by atoms with Crippen LogP contribution in [0.4, 0.5) is 13.2 Å². The molecule has 11 heteroatoms. The molecule has 0 saturated carbocycles. The second kappa shape index (κ2) is 8.83. The minimum Gasteiger partial charge on any atom is -0.380 e. The molecule has 0 heterocycles. The predicted molar refractivity (Wildman–Crippen MR) is 101 cm³/mol. The van der Waals surface area contributed by atoms with E-state index in [1.54, 1.807) is 0 Å². The van der Waals surface area contributed by atoms with Crippen molar-refractivity contribution in [2.24, 2.45) is 10.9 Å². The summed E-state index contributed by atoms with van der Waals surface area (Å²) in [6.45, 7) is 1.33. The molecular formula is C18H16ClF3N2O4S. The Kier molecular flexibility index (Phi) is 6.91. The lowest BCUT2D eigenvalue weighted by molar-refractivity contribution is -0.143. The largest absolute Gasteiger partial charge is 0.416 e. The molecular weight excluding hydrogens is 433 g/mol. The molecule has 0 spiro atoms. The van der Waals surface area contributed by atoms with Gasteiger partial charge in [0.2, 0.25) is 0 Å². The Balaban J connectivity index is 2.01. The van der Waals surface area contributed by atoms with Gasteiger partial charge in [0.1, 0.15) is 0 Å². The van der Waals surface area contributed by atoms with E-state index in [4.69, 9.17) is 17.3 Å². The number of sulfone groups is 1. The van der Waals surface area contributed by atoms with Gasteiger partial charge in [0, 0.05) is 10.6 Å². The summed E-state index contributed by atoms with van der Waals surface area (Å²) < 4.78 is 62.5. The zero-order valence-electron chi connectivity index (χ0n) is 15.0. The van der Waals surface area contributed by atoms with Crippen LogP contribution >= 0.6 is 11.6 Å². The fourth-order valence-corrected chi connectivity index (χ4v) is 3.68. The lowest BCUT2D eigenvalue weighted by Crippen LogP contribution is -2.23. The van der Waals surface area contributed by atoms with Gasteiger partial charge in [-0.3, -0.25) is 0 Å². The molecule has 2 aromatic carbocycles. The van der Waals surface area contributed by atoms with E-state index in [2.05, 4.69) is 9.99 Å². The number of rotatable bonds is 6. The van der Waals surface area contributed by atoms with Crippen molar-refractivity contribution in [1.82, 2.24) is 0 Å². The fourth-order valence-electron chi connectivity index (χ4n) is 2.22. The molecule has 156 valence electrons. The SMILES string of the molecule is C[C@H](CC(=O)O/N=C(\N)c1ccc(C(F)(F)F)cc1)S(=O)(=O)c1ccc(Cl)cc1. The molecule has 0 saturated heterocycles. The van der Waals surface area contributed by atoms with Gasteiger partial charge in [0.15, 0.2) is 15.7 Å². The van der Waals surface area contributed by atoms with Gasteiger partial charge in [0.25, 0.3) is 0 Å². The number of carbonyl (C=O) groups excluding carboxylic acids is 1. The minimum atomic E-state index is -4.50. The highest BCUT2D eigenvalue weighted by Gasteiger charge is 2.30. The lowest BCUT2D eigenvalue weighted by atomic mass is 10.1. The van der Waals surface area contributed by atoms with Crippen LogP contribution in [0.25, 0.3) is 0 Å². The first-order chi connectivity index (χ1) is 13.4. The molecule has 0 bridgehead atoms. The molecule has 2 aromatic rings. The quantitative estimate of drug-likeness (QED) is 0.314. The van der Waals surface area contributed by atoms with Crippen LogP contribution in [0.2, 0.25) is 5.02 Å². The van der Waals surface area contributed by atoms with Crippen molar-refractivity contribution >= 4 is 33.2 Å². The summed E-state index contributed by atoms with van der Waals surface area (Å²) in [7, 11) is -3.81. The predicted octanol–water partition coefficient (Wildman–Crippen LogP) is 3.77. The van der Waals surface area contributed by atoms with E-state index in [1.165, 1.54) is 31.2 Å². The van der Waals surface area contributed by atoms with Gasteiger partial charge in [-0.1, -0.05) is 28.9 Å². The zero-order chi connectivity index (χ0) is 21.8. The normalized spacial score (nSPS) is 13.8. The van der Waals surface area contributed by atoms with Crippen molar-refractivity contribution in [2.75, 3.05) is 0 Å². The number of oxime groups is 1. The van der Waals surface area contributed by atoms with E-state index in [9.17, 15) is 26.4 Å². The number of hydrogen-bond donors (Lipinski definition) is 1. The van der Waals surface area contributed by atoms with E-state index >= 15 is 0 Å². The summed E-state index contributed by atoms with van der Waals surface area (Å²) in [4.78, 5) is 16.5. The van der Waals surface area contributed by atoms with Gasteiger partial charge < -0.3 is 10.6 Å². The maximum absolute atomic E-state index is 12.5. The third-order valence-corrected chi connectivity index (χ3v) is 6.29. The first-order valence-corrected chi connectivity index (χ1v) is 10.0. The second-order valence-corrected chi connectivity index (χ2v) is 8.83. The lowest BCUT2D eigenvalue weighted by Gasteiger charge is -2.11. The summed E-state index contributed by atoms with van der Waals surface area (Å²) in [6, 6.07) is 9.22. The summed E-state index contributed by atoms with van der Waals surface area (Å²) in [5, 5.41) is 2.61. The number of alkyl halides is 3. The van der Waals surface area contributed by atoms with Crippen molar-refractivity contribution in [3.8, 4) is 0 Å². The number of halogens is 4. The number of amidine groups is 1. The average Bonchev–Trinajstić information content (AvgIpc) is 2.65. The third-order valence-electron chi connectivity index (χ3n) is 3.88. The van der Waals surface area contributed by atoms with E-state index in [-0.39, 0.29) is 16.3 Å². The number of benzene rings is 2. The molecule has 0 amide bonds. The molecule has 2 rings (SSSR count). The van der Waals surface area contributed by atoms with Gasteiger partial charge in [-0.25, -0.2) is 13.2 Å². The number of hydrogen-bond acceptors (Lipinski definition) is 5. The number of nitrogens with zero attached hydrogens (tertiary/aromatic N) is 1. The summed E-state index contributed by atoms with van der Waals surface area (Å²) in [5.41, 5.74) is 4.82. The molecule has 0 radical (unpaired) electrons. The first kappa shape index (κ1) is 22.7. The Labute approximate surface area is 170 Å². The molecule has 0 aliphatic carbocycles. The maximum Gasteiger partial charge on any atom is 0.416 e. The summed E-state index contributed by atoms with van der Waals surface area (Å²) in [6.07, 6.45) is -5.00. The van der Waals surface area contributed by atoms with Crippen LogP contribution in [-0.2, 0) is 25.6 Å². The molecule has 6 nitrogen and oxygen atoms in total. The molecule has 0 aliphatic heterocycles. The van der Waals surface area contributed by atoms with E-state index < -0.39 is 39.2 Å². The van der Waals surface area contributed by atoms with Crippen molar-refractivity contribution in [3.63, 3.8) is 0 Å². The Morgan fingerprint density at radius 3 is 2.21 bits per heavy atom. The molecule has 2 N–H and O–H groups in total. The van der Waals surface area contributed by atoms with Gasteiger partial charge in [-0.05, 0) is 43.3 Å². The zero-order valence-corrected chi connectivity index (χ0v) is 16.6. The molecule has 0 aliphatic rings. The van der Waals surface area contributed by atoms with Crippen LogP contribution in [0.15, 0.2) is 58.6 Å². The van der Waals surface area contributed by atoms with Gasteiger partial charge in [-0.2, -0.15) is 13.2 Å². The minimum absolute atomic E-state index is 0.00466. The average molecular weight is 449 g/mol. The molecule has 0 fully saturated rings. The van der Waals surface area contributed by atoms with Gasteiger partial charge in [0.05, 0.1) is 22.1 Å². The van der Waals surface area contributed by atoms with Gasteiger partial charge >= 0.3 is 12.1 Å². The van der Waals surface area contributed by atoms with Crippen LogP contribution in [0.5, 0.6) is 0 Å². The van der Waals surface area contributed by atoms with Crippen molar-refractivity contribution in [3.05, 3.63) is 64.7 Å². The topological polar surface area (TPSA) is 98.8 Å². The maximum atomic E-state index is 12.5. The summed E-state index contributed by atoms with van der Waals surface area (Å²) in [5.74, 6) is -1.30. The van der Waals surface area contributed by atoms with Crippen LogP contribution in [0.3, 0.4) is 0 Å². The number of nitrogens with two attached hydrogens (primary N) is 1. The van der Waals surface area contributed by atoms with Crippen molar-refractivity contribution < 1.29 is 31.2 Å². The van der Waals surface area contributed by atoms with Crippen molar-refractivity contribution in [1.29, 1.82) is 0 Å². The standard InChI is InChI=1S/C18H16ClF3N2O4S/c1-11(29(26,27)15-8-6-14(19)7-9-15)10-16(25)28-24-17(23)12-2-4-13(5-3-12)18(20,21)22/h2-9,11H,10H2,1H3,(H2,23,24)/t11-/m1/s1. The monoisotopic (exact) mass is 448 g/mol. The Hall–Kier alpha value is -2.59. The summed E-state index contributed by atoms with van der Waals surface area (Å²) >= 11 is 5.73. The Bertz CT molecular complexity index is 1000. The third kappa shape index (κ3) is 5.94. The van der Waals surface area contributed by atoms with E-state index in [0.29, 0.717) is 5.02 Å². The second-order valence-electron chi connectivity index (χ2n) is 6.03. The number of carbonyl (C=O) groups is 1. The molecule has 29 heavy (non-hydrogen) atoms. The fraction of sp³-hybridized carbons (Fsp3) is 0.222. The first-order valence-electron chi connectivity index (χ1n) is 8.11. The van der Waals surface area contributed by atoms with Crippen molar-refractivity contribution in [2.45, 2.75) is 29.7 Å². The van der Waals surface area contributed by atoms with Crippen LogP contribution < -0.4 is 5.73 Å².